The summed E-state index contributed by atoms with van der Waals surface area (Å²) in [6, 6.07) is 0. The number of rotatable bonds is 1. The molecule has 1 rings (SSSR count). The summed E-state index contributed by atoms with van der Waals surface area (Å²) >= 11 is 0. The van der Waals surface area contributed by atoms with E-state index in [9.17, 15) is 4.79 Å². The normalized spacial score (nSPS) is 20.1. The molecule has 0 bridgehead atoms. The first kappa shape index (κ1) is 6.51. The van der Waals surface area contributed by atoms with Crippen molar-refractivity contribution in [1.82, 2.24) is 5.32 Å². The molecule has 1 saturated heterocycles. The second-order valence-electron chi connectivity index (χ2n) is 1.69. The Morgan fingerprint density at radius 1 is 1.56 bits per heavy atom. The van der Waals surface area contributed by atoms with Gasteiger partial charge in [0.05, 0.1) is 13.2 Å². The molecule has 0 aliphatic carbocycles. The second kappa shape index (κ2) is 2.80. The molecule has 0 atom stereocenters. The number of ether oxygens (including phenoxy) is 2. The molecule has 0 unspecified atom stereocenters. The van der Waals surface area contributed by atoms with Crippen molar-refractivity contribution in [2.75, 3.05) is 20.3 Å². The highest BCUT2D eigenvalue weighted by atomic mass is 16.7. The molecular weight excluding hydrogens is 122 g/mol. The zero-order chi connectivity index (χ0) is 6.69. The molecule has 0 aromatic carbocycles. The highest BCUT2D eigenvalue weighted by Crippen LogP contribution is 2.01. The van der Waals surface area contributed by atoms with E-state index in [1.54, 1.807) is 7.05 Å². The Balaban J connectivity index is 2.32. The first-order valence-corrected chi connectivity index (χ1v) is 2.79. The Morgan fingerprint density at radius 3 is 2.56 bits per heavy atom. The van der Waals surface area contributed by atoms with Gasteiger partial charge >= 0.3 is 0 Å². The van der Waals surface area contributed by atoms with E-state index < -0.39 is 6.29 Å². The minimum absolute atomic E-state index is 0.215. The van der Waals surface area contributed by atoms with Crippen LogP contribution in [0.15, 0.2) is 0 Å². The SMILES string of the molecule is CNC(=O)C1OCCO1. The smallest absolute Gasteiger partial charge is 0.276 e. The van der Waals surface area contributed by atoms with Gasteiger partial charge in [-0.1, -0.05) is 0 Å². The molecule has 1 heterocycles. The Bertz CT molecular complexity index is 109. The van der Waals surface area contributed by atoms with Crippen LogP contribution in [0.5, 0.6) is 0 Å². The van der Waals surface area contributed by atoms with Crippen molar-refractivity contribution in [3.63, 3.8) is 0 Å². The lowest BCUT2D eigenvalue weighted by molar-refractivity contribution is -0.146. The fourth-order valence-electron chi connectivity index (χ4n) is 0.628. The Kier molecular flexibility index (Phi) is 2.02. The first-order chi connectivity index (χ1) is 4.34. The van der Waals surface area contributed by atoms with Crippen molar-refractivity contribution in [1.29, 1.82) is 0 Å². The van der Waals surface area contributed by atoms with E-state index in [0.29, 0.717) is 13.2 Å². The quantitative estimate of drug-likeness (QED) is 0.502. The van der Waals surface area contributed by atoms with Crippen molar-refractivity contribution in [3.8, 4) is 0 Å². The second-order valence-corrected chi connectivity index (χ2v) is 1.69. The summed E-state index contributed by atoms with van der Waals surface area (Å²) in [6.07, 6.45) is -0.671. The topological polar surface area (TPSA) is 47.6 Å². The van der Waals surface area contributed by atoms with Crippen LogP contribution in [0.3, 0.4) is 0 Å². The fourth-order valence-corrected chi connectivity index (χ4v) is 0.628. The Morgan fingerprint density at radius 2 is 2.11 bits per heavy atom. The van der Waals surface area contributed by atoms with Gasteiger partial charge in [0.15, 0.2) is 0 Å². The number of carbonyl (C=O) groups excluding carboxylic acids is 1. The Labute approximate surface area is 53.1 Å². The molecule has 52 valence electrons. The molecule has 1 fully saturated rings. The maximum Gasteiger partial charge on any atom is 0.276 e. The van der Waals surface area contributed by atoms with Crippen molar-refractivity contribution >= 4 is 5.91 Å². The molecule has 1 aliphatic rings. The summed E-state index contributed by atoms with van der Waals surface area (Å²) in [7, 11) is 1.55. The molecular formula is C5H9NO3. The number of hydrogen-bond donors (Lipinski definition) is 1. The summed E-state index contributed by atoms with van der Waals surface area (Å²) < 4.78 is 9.74. The van der Waals surface area contributed by atoms with Crippen LogP contribution < -0.4 is 5.32 Å². The van der Waals surface area contributed by atoms with E-state index in [1.807, 2.05) is 0 Å². The summed E-state index contributed by atoms with van der Waals surface area (Å²) in [5.74, 6) is -0.215. The largest absolute Gasteiger partial charge is 0.355 e. The van der Waals surface area contributed by atoms with Gasteiger partial charge in [-0.2, -0.15) is 0 Å². The predicted molar refractivity (Wildman–Crippen MR) is 29.8 cm³/mol. The molecule has 9 heavy (non-hydrogen) atoms. The van der Waals surface area contributed by atoms with Crippen LogP contribution in [0.25, 0.3) is 0 Å². The molecule has 0 aromatic heterocycles. The van der Waals surface area contributed by atoms with Gasteiger partial charge in [0, 0.05) is 7.05 Å². The number of nitrogens with one attached hydrogen (secondary N) is 1. The number of likely N-dealkylation sites (N-methyl/N-ethyl adjacent to an activating group) is 1. The van der Waals surface area contributed by atoms with E-state index in [-0.39, 0.29) is 5.91 Å². The van der Waals surface area contributed by atoms with Crippen LogP contribution in [-0.2, 0) is 14.3 Å². The zero-order valence-corrected chi connectivity index (χ0v) is 5.22. The molecule has 1 N–H and O–H groups in total. The minimum Gasteiger partial charge on any atom is -0.355 e. The lowest BCUT2D eigenvalue weighted by Crippen LogP contribution is -2.32. The van der Waals surface area contributed by atoms with Gasteiger partial charge in [-0.3, -0.25) is 4.79 Å². The van der Waals surface area contributed by atoms with Gasteiger partial charge in [-0.15, -0.1) is 0 Å². The fraction of sp³-hybridized carbons (Fsp3) is 0.800. The monoisotopic (exact) mass is 131 g/mol. The van der Waals surface area contributed by atoms with Crippen molar-refractivity contribution < 1.29 is 14.3 Å². The maximum atomic E-state index is 10.7. The molecule has 0 radical (unpaired) electrons. The van der Waals surface area contributed by atoms with Crippen LogP contribution in [0.1, 0.15) is 0 Å². The summed E-state index contributed by atoms with van der Waals surface area (Å²) in [5.41, 5.74) is 0. The van der Waals surface area contributed by atoms with Crippen molar-refractivity contribution in [2.24, 2.45) is 0 Å². The third kappa shape index (κ3) is 1.40. The van der Waals surface area contributed by atoms with Gasteiger partial charge in [0.25, 0.3) is 5.91 Å². The average Bonchev–Trinajstić information content (AvgIpc) is 2.37. The van der Waals surface area contributed by atoms with E-state index in [2.05, 4.69) is 5.32 Å². The zero-order valence-electron chi connectivity index (χ0n) is 5.22. The summed E-state index contributed by atoms with van der Waals surface area (Å²) in [6.45, 7) is 1.02. The number of amides is 1. The summed E-state index contributed by atoms with van der Waals surface area (Å²) in [4.78, 5) is 10.7. The highest BCUT2D eigenvalue weighted by molar-refractivity contribution is 5.79. The standard InChI is InChI=1S/C5H9NO3/c1-6-4(7)5-8-2-3-9-5/h5H,2-3H2,1H3,(H,6,7). The van der Waals surface area contributed by atoms with Crippen LogP contribution in [0.2, 0.25) is 0 Å². The van der Waals surface area contributed by atoms with E-state index in [1.165, 1.54) is 0 Å². The lowest BCUT2D eigenvalue weighted by atomic mass is 10.6. The van der Waals surface area contributed by atoms with Crippen LogP contribution in [0.4, 0.5) is 0 Å². The van der Waals surface area contributed by atoms with Gasteiger partial charge in [-0.25, -0.2) is 0 Å². The number of hydrogen-bond acceptors (Lipinski definition) is 3. The summed E-state index contributed by atoms with van der Waals surface area (Å²) in [5, 5.41) is 2.42. The van der Waals surface area contributed by atoms with Gasteiger partial charge < -0.3 is 14.8 Å². The lowest BCUT2D eigenvalue weighted by Gasteiger charge is -2.04. The van der Waals surface area contributed by atoms with Gasteiger partial charge in [-0.05, 0) is 0 Å². The Hall–Kier alpha value is -0.610. The van der Waals surface area contributed by atoms with Gasteiger partial charge in [0.2, 0.25) is 6.29 Å². The predicted octanol–water partition coefficient (Wildman–Crippen LogP) is -0.895. The minimum atomic E-state index is -0.671. The van der Waals surface area contributed by atoms with Crippen LogP contribution >= 0.6 is 0 Å². The third-order valence-corrected chi connectivity index (χ3v) is 1.08. The van der Waals surface area contributed by atoms with Crippen LogP contribution in [-0.4, -0.2) is 32.5 Å². The van der Waals surface area contributed by atoms with Crippen molar-refractivity contribution in [2.45, 2.75) is 6.29 Å². The molecule has 1 aliphatic heterocycles. The molecule has 0 aromatic rings. The van der Waals surface area contributed by atoms with E-state index >= 15 is 0 Å². The molecule has 1 amide bonds. The maximum absolute atomic E-state index is 10.7. The average molecular weight is 131 g/mol. The first-order valence-electron chi connectivity index (χ1n) is 2.79. The van der Waals surface area contributed by atoms with Crippen LogP contribution in [0, 0.1) is 0 Å². The molecule has 0 spiro atoms. The third-order valence-electron chi connectivity index (χ3n) is 1.08. The number of carbonyl (C=O) groups is 1. The molecule has 0 saturated carbocycles. The van der Waals surface area contributed by atoms with Crippen molar-refractivity contribution in [3.05, 3.63) is 0 Å². The molecule has 4 heteroatoms. The highest BCUT2D eigenvalue weighted by Gasteiger charge is 2.22. The molecule has 4 nitrogen and oxygen atoms in total. The van der Waals surface area contributed by atoms with E-state index in [0.717, 1.165) is 0 Å². The van der Waals surface area contributed by atoms with E-state index in [4.69, 9.17) is 9.47 Å². The van der Waals surface area contributed by atoms with Gasteiger partial charge in [0.1, 0.15) is 0 Å².